The highest BCUT2D eigenvalue weighted by Gasteiger charge is 2.09. The van der Waals surface area contributed by atoms with Gasteiger partial charge in [0.25, 0.3) is 0 Å². The second-order valence-corrected chi connectivity index (χ2v) is 8.13. The van der Waals surface area contributed by atoms with E-state index >= 15 is 0 Å². The van der Waals surface area contributed by atoms with Gasteiger partial charge in [0, 0.05) is 12.4 Å². The van der Waals surface area contributed by atoms with Gasteiger partial charge in [-0.15, -0.1) is 0 Å². The molecule has 1 atom stereocenters. The van der Waals surface area contributed by atoms with Gasteiger partial charge in [-0.2, -0.15) is 0 Å². The van der Waals surface area contributed by atoms with E-state index in [2.05, 4.69) is 16.9 Å². The third-order valence-electron chi connectivity index (χ3n) is 5.37. The van der Waals surface area contributed by atoms with E-state index in [-0.39, 0.29) is 5.82 Å². The molecule has 1 aromatic carbocycles. The van der Waals surface area contributed by atoms with Crippen LogP contribution in [0.2, 0.25) is 0 Å². The van der Waals surface area contributed by atoms with Gasteiger partial charge in [0.15, 0.2) is 5.82 Å². The fourth-order valence-corrected chi connectivity index (χ4v) is 3.57. The molecule has 1 heterocycles. The number of hydrogen-bond acceptors (Lipinski definition) is 2. The Balaban J connectivity index is 1.77. The molecule has 0 aliphatic heterocycles. The number of aryl methyl sites for hydroxylation is 2. The number of halogens is 2. The molecule has 29 heavy (non-hydrogen) atoms. The van der Waals surface area contributed by atoms with Crippen molar-refractivity contribution >= 4 is 0 Å². The first-order valence-electron chi connectivity index (χ1n) is 11.3. The Morgan fingerprint density at radius 3 is 2.07 bits per heavy atom. The van der Waals surface area contributed by atoms with Gasteiger partial charge in [0.1, 0.15) is 5.82 Å². The minimum absolute atomic E-state index is 0.313. The highest BCUT2D eigenvalue weighted by Crippen LogP contribution is 2.21. The highest BCUT2D eigenvalue weighted by molar-refractivity contribution is 5.56. The van der Waals surface area contributed by atoms with E-state index in [0.29, 0.717) is 24.2 Å². The van der Waals surface area contributed by atoms with E-state index < -0.39 is 6.17 Å². The molecular weight excluding hydrogens is 366 g/mol. The molecule has 0 amide bonds. The number of nitrogens with zero attached hydrogens (tertiary/aromatic N) is 2. The summed E-state index contributed by atoms with van der Waals surface area (Å²) < 4.78 is 27.4. The lowest BCUT2D eigenvalue weighted by Crippen LogP contribution is -1.97. The van der Waals surface area contributed by atoms with Crippen molar-refractivity contribution in [1.29, 1.82) is 0 Å². The molecule has 2 rings (SSSR count). The van der Waals surface area contributed by atoms with Gasteiger partial charge in [0.2, 0.25) is 0 Å². The molecule has 2 nitrogen and oxygen atoms in total. The molecule has 160 valence electrons. The zero-order valence-electron chi connectivity index (χ0n) is 18.1. The Labute approximate surface area is 175 Å². The third kappa shape index (κ3) is 9.01. The van der Waals surface area contributed by atoms with Crippen LogP contribution < -0.4 is 0 Å². The number of unbranched alkanes of at least 4 members (excludes halogenated alkanes) is 7. The van der Waals surface area contributed by atoms with Crippen molar-refractivity contribution in [3.8, 4) is 11.4 Å². The fourth-order valence-electron chi connectivity index (χ4n) is 3.57. The Hall–Kier alpha value is -1.84. The van der Waals surface area contributed by atoms with Crippen molar-refractivity contribution in [3.63, 3.8) is 0 Å². The van der Waals surface area contributed by atoms with Crippen LogP contribution in [0.15, 0.2) is 30.6 Å². The van der Waals surface area contributed by atoms with Crippen molar-refractivity contribution < 1.29 is 8.78 Å². The topological polar surface area (TPSA) is 25.8 Å². The van der Waals surface area contributed by atoms with Gasteiger partial charge < -0.3 is 0 Å². The standard InChI is InChI=1S/C25H36F2N2/c1-3-4-5-6-7-8-9-10-13-22-18-28-25(29-19-22)23-16-15-21(17-24(23)27)14-11-12-20(2)26/h15-20H,3-14H2,1-2H3. The summed E-state index contributed by atoms with van der Waals surface area (Å²) in [6.45, 7) is 3.80. The van der Waals surface area contributed by atoms with Gasteiger partial charge in [-0.25, -0.2) is 18.7 Å². The number of aromatic nitrogens is 2. The first-order valence-corrected chi connectivity index (χ1v) is 11.3. The third-order valence-corrected chi connectivity index (χ3v) is 5.37. The monoisotopic (exact) mass is 402 g/mol. The van der Waals surface area contributed by atoms with Crippen LogP contribution in [0.4, 0.5) is 8.78 Å². The Bertz CT molecular complexity index is 698. The quantitative estimate of drug-likeness (QED) is 0.303. The number of alkyl halides is 1. The van der Waals surface area contributed by atoms with E-state index in [0.717, 1.165) is 30.4 Å². The molecule has 0 saturated heterocycles. The van der Waals surface area contributed by atoms with E-state index in [1.807, 2.05) is 18.5 Å². The van der Waals surface area contributed by atoms with E-state index in [1.54, 1.807) is 13.0 Å². The molecule has 0 spiro atoms. The molecule has 0 fully saturated rings. The van der Waals surface area contributed by atoms with Crippen LogP contribution in [0.1, 0.15) is 89.2 Å². The molecule has 1 aromatic heterocycles. The Morgan fingerprint density at radius 1 is 0.828 bits per heavy atom. The predicted molar refractivity (Wildman–Crippen MR) is 117 cm³/mol. The van der Waals surface area contributed by atoms with Crippen molar-refractivity contribution in [2.24, 2.45) is 0 Å². The minimum atomic E-state index is -0.808. The van der Waals surface area contributed by atoms with Crippen molar-refractivity contribution in [2.75, 3.05) is 0 Å². The summed E-state index contributed by atoms with van der Waals surface area (Å²) in [6, 6.07) is 5.15. The maximum atomic E-state index is 14.5. The average molecular weight is 403 g/mol. The Kier molecular flexibility index (Phi) is 10.8. The lowest BCUT2D eigenvalue weighted by Gasteiger charge is -2.07. The van der Waals surface area contributed by atoms with Gasteiger partial charge in [0.05, 0.1) is 11.7 Å². The second kappa shape index (κ2) is 13.4. The zero-order valence-corrected chi connectivity index (χ0v) is 18.1. The SMILES string of the molecule is CCCCCCCCCCc1cnc(-c2ccc(CCCC(C)F)cc2F)nc1. The Morgan fingerprint density at radius 2 is 1.45 bits per heavy atom. The fraction of sp³-hybridized carbons (Fsp3) is 0.600. The van der Waals surface area contributed by atoms with Crippen molar-refractivity contribution in [3.05, 3.63) is 47.5 Å². The van der Waals surface area contributed by atoms with Gasteiger partial charge in [-0.3, -0.25) is 0 Å². The summed E-state index contributed by atoms with van der Waals surface area (Å²) in [7, 11) is 0. The molecule has 2 aromatic rings. The summed E-state index contributed by atoms with van der Waals surface area (Å²) in [6.07, 6.45) is 16.1. The lowest BCUT2D eigenvalue weighted by atomic mass is 10.0. The first kappa shape index (κ1) is 23.4. The second-order valence-electron chi connectivity index (χ2n) is 8.13. The molecule has 1 unspecified atom stereocenters. The van der Waals surface area contributed by atoms with Crippen LogP contribution in [-0.2, 0) is 12.8 Å². The van der Waals surface area contributed by atoms with E-state index in [4.69, 9.17) is 0 Å². The first-order chi connectivity index (χ1) is 14.1. The van der Waals surface area contributed by atoms with E-state index in [9.17, 15) is 8.78 Å². The summed E-state index contributed by atoms with van der Waals surface area (Å²) in [5.41, 5.74) is 2.42. The molecule has 0 aliphatic carbocycles. The highest BCUT2D eigenvalue weighted by atomic mass is 19.1. The molecule has 0 bridgehead atoms. The average Bonchev–Trinajstić information content (AvgIpc) is 2.70. The summed E-state index contributed by atoms with van der Waals surface area (Å²) in [4.78, 5) is 8.75. The van der Waals surface area contributed by atoms with Gasteiger partial charge in [-0.1, -0.05) is 57.9 Å². The predicted octanol–water partition coefficient (Wildman–Crippen LogP) is 7.65. The molecule has 0 saturated carbocycles. The maximum absolute atomic E-state index is 14.5. The van der Waals surface area contributed by atoms with Crippen molar-refractivity contribution in [1.82, 2.24) is 9.97 Å². The molecule has 4 heteroatoms. The largest absolute Gasteiger partial charge is 0.248 e. The lowest BCUT2D eigenvalue weighted by molar-refractivity contribution is 0.334. The summed E-state index contributed by atoms with van der Waals surface area (Å²) >= 11 is 0. The van der Waals surface area contributed by atoms with Crippen LogP contribution in [0.25, 0.3) is 11.4 Å². The minimum Gasteiger partial charge on any atom is -0.248 e. The number of rotatable bonds is 14. The van der Waals surface area contributed by atoms with Gasteiger partial charge in [-0.05, 0) is 62.3 Å². The normalized spacial score (nSPS) is 12.3. The van der Waals surface area contributed by atoms with Gasteiger partial charge >= 0.3 is 0 Å². The molecule has 0 radical (unpaired) electrons. The van der Waals surface area contributed by atoms with Crippen molar-refractivity contribution in [2.45, 2.75) is 97.1 Å². The van der Waals surface area contributed by atoms with Crippen LogP contribution in [0, 0.1) is 5.82 Å². The van der Waals surface area contributed by atoms with Crippen LogP contribution in [-0.4, -0.2) is 16.1 Å². The molecular formula is C25H36F2N2. The van der Waals surface area contributed by atoms with Crippen LogP contribution in [0.5, 0.6) is 0 Å². The maximum Gasteiger partial charge on any atom is 0.162 e. The zero-order chi connectivity index (χ0) is 20.9. The van der Waals surface area contributed by atoms with E-state index in [1.165, 1.54) is 51.0 Å². The number of hydrogen-bond donors (Lipinski definition) is 0. The summed E-state index contributed by atoms with van der Waals surface area (Å²) in [5, 5.41) is 0. The number of benzene rings is 1. The van der Waals surface area contributed by atoms with Crippen LogP contribution >= 0.6 is 0 Å². The molecule has 0 N–H and O–H groups in total. The smallest absolute Gasteiger partial charge is 0.162 e. The van der Waals surface area contributed by atoms with Crippen LogP contribution in [0.3, 0.4) is 0 Å². The molecule has 0 aliphatic rings. The summed E-state index contributed by atoms with van der Waals surface area (Å²) in [5.74, 6) is 0.109.